The van der Waals surface area contributed by atoms with Crippen molar-refractivity contribution in [1.82, 2.24) is 4.90 Å². The third-order valence-electron chi connectivity index (χ3n) is 3.62. The molecule has 1 aliphatic carbocycles. The van der Waals surface area contributed by atoms with Crippen LogP contribution in [0.4, 0.5) is 0 Å². The van der Waals surface area contributed by atoms with Crippen LogP contribution in [0, 0.1) is 11.3 Å². The quantitative estimate of drug-likeness (QED) is 0.777. The fraction of sp³-hybridized carbons (Fsp3) is 0.929. The number of rotatable bonds is 6. The summed E-state index contributed by atoms with van der Waals surface area (Å²) in [5, 5.41) is 8.86. The van der Waals surface area contributed by atoms with Gasteiger partial charge in [0, 0.05) is 13.1 Å². The summed E-state index contributed by atoms with van der Waals surface area (Å²) in [6.07, 6.45) is 7.09. The Morgan fingerprint density at radius 1 is 1.29 bits per heavy atom. The van der Waals surface area contributed by atoms with Gasteiger partial charge in [0.2, 0.25) is 0 Å². The molecule has 17 heavy (non-hydrogen) atoms. The molecule has 0 spiro atoms. The van der Waals surface area contributed by atoms with E-state index < -0.39 is 5.97 Å². The van der Waals surface area contributed by atoms with Gasteiger partial charge in [-0.3, -0.25) is 4.79 Å². The van der Waals surface area contributed by atoms with Crippen LogP contribution in [0.3, 0.4) is 0 Å². The lowest BCUT2D eigenvalue weighted by atomic mass is 9.86. The molecule has 1 aliphatic rings. The first kappa shape index (κ1) is 14.5. The molecule has 0 aromatic rings. The number of hydrogen-bond donors (Lipinski definition) is 1. The summed E-state index contributed by atoms with van der Waals surface area (Å²) in [7, 11) is 2.12. The van der Waals surface area contributed by atoms with E-state index in [1.165, 1.54) is 32.1 Å². The topological polar surface area (TPSA) is 40.5 Å². The third-order valence-corrected chi connectivity index (χ3v) is 3.62. The number of carboxylic acid groups (broad SMARTS) is 1. The molecule has 1 N–H and O–H groups in total. The average molecular weight is 241 g/mol. The Labute approximate surface area is 105 Å². The Kier molecular flexibility index (Phi) is 5.44. The highest BCUT2D eigenvalue weighted by Gasteiger charge is 2.25. The second-order valence-electron chi connectivity index (χ2n) is 6.44. The fourth-order valence-corrected chi connectivity index (χ4v) is 3.07. The van der Waals surface area contributed by atoms with Crippen LogP contribution in [0.25, 0.3) is 0 Å². The smallest absolute Gasteiger partial charge is 0.303 e. The zero-order chi connectivity index (χ0) is 12.9. The van der Waals surface area contributed by atoms with Crippen molar-refractivity contribution < 1.29 is 9.90 Å². The number of aliphatic carboxylic acids is 1. The molecule has 3 heteroatoms. The van der Waals surface area contributed by atoms with Crippen LogP contribution in [0.2, 0.25) is 0 Å². The lowest BCUT2D eigenvalue weighted by Crippen LogP contribution is -2.36. The number of nitrogens with zero attached hydrogens (tertiary/aromatic N) is 1. The minimum atomic E-state index is -0.693. The van der Waals surface area contributed by atoms with Gasteiger partial charge in [0.1, 0.15) is 0 Å². The average Bonchev–Trinajstić information content (AvgIpc) is 2.15. The molecular weight excluding hydrogens is 214 g/mol. The highest BCUT2D eigenvalue weighted by Crippen LogP contribution is 2.26. The van der Waals surface area contributed by atoms with E-state index >= 15 is 0 Å². The zero-order valence-electron chi connectivity index (χ0n) is 11.5. The van der Waals surface area contributed by atoms with E-state index in [1.807, 2.05) is 13.8 Å². The number of hydrogen-bond acceptors (Lipinski definition) is 2. The summed E-state index contributed by atoms with van der Waals surface area (Å²) in [5.74, 6) is 0.135. The van der Waals surface area contributed by atoms with Crippen molar-refractivity contribution in [2.75, 3.05) is 20.1 Å². The Balaban J connectivity index is 2.31. The van der Waals surface area contributed by atoms with Crippen LogP contribution in [0.5, 0.6) is 0 Å². The molecule has 1 fully saturated rings. The lowest BCUT2D eigenvalue weighted by Gasteiger charge is -2.32. The van der Waals surface area contributed by atoms with Crippen LogP contribution in [0.15, 0.2) is 0 Å². The van der Waals surface area contributed by atoms with Crippen molar-refractivity contribution >= 4 is 5.97 Å². The maximum Gasteiger partial charge on any atom is 0.303 e. The molecule has 0 bridgehead atoms. The molecule has 100 valence electrons. The molecule has 0 amide bonds. The predicted molar refractivity (Wildman–Crippen MR) is 70.1 cm³/mol. The maximum absolute atomic E-state index is 10.8. The highest BCUT2D eigenvalue weighted by atomic mass is 16.4. The van der Waals surface area contributed by atoms with Gasteiger partial charge in [-0.2, -0.15) is 0 Å². The van der Waals surface area contributed by atoms with Crippen LogP contribution in [-0.4, -0.2) is 36.1 Å². The second kappa shape index (κ2) is 6.39. The summed E-state index contributed by atoms with van der Waals surface area (Å²) in [5.41, 5.74) is -0.130. The van der Waals surface area contributed by atoms with E-state index in [0.29, 0.717) is 0 Å². The van der Waals surface area contributed by atoms with E-state index in [2.05, 4.69) is 11.9 Å². The number of carboxylic acids is 1. The standard InChI is InChI=1S/C14H27NO2/c1-14(2,9-13(16)17)11-15(3)10-12-7-5-4-6-8-12/h12H,4-11H2,1-3H3,(H,16,17). The molecule has 0 saturated heterocycles. The molecule has 0 aromatic carbocycles. The summed E-state index contributed by atoms with van der Waals surface area (Å²) in [6.45, 7) is 6.08. The number of carbonyl (C=O) groups is 1. The monoisotopic (exact) mass is 241 g/mol. The van der Waals surface area contributed by atoms with Gasteiger partial charge >= 0.3 is 5.97 Å². The van der Waals surface area contributed by atoms with Crippen LogP contribution in [-0.2, 0) is 4.79 Å². The van der Waals surface area contributed by atoms with Crippen molar-refractivity contribution in [3.05, 3.63) is 0 Å². The third kappa shape index (κ3) is 6.06. The van der Waals surface area contributed by atoms with Crippen LogP contribution < -0.4 is 0 Å². The zero-order valence-corrected chi connectivity index (χ0v) is 11.5. The molecular formula is C14H27NO2. The molecule has 1 rings (SSSR count). The van der Waals surface area contributed by atoms with E-state index in [1.54, 1.807) is 0 Å². The second-order valence-corrected chi connectivity index (χ2v) is 6.44. The Bertz CT molecular complexity index is 245. The molecule has 0 heterocycles. The Hall–Kier alpha value is -0.570. The van der Waals surface area contributed by atoms with Crippen molar-refractivity contribution in [2.24, 2.45) is 11.3 Å². The maximum atomic E-state index is 10.8. The first-order valence-corrected chi connectivity index (χ1v) is 6.79. The van der Waals surface area contributed by atoms with E-state index in [9.17, 15) is 4.79 Å². The summed E-state index contributed by atoms with van der Waals surface area (Å²) in [6, 6.07) is 0. The predicted octanol–water partition coefficient (Wildman–Crippen LogP) is 3.00. The molecule has 0 radical (unpaired) electrons. The molecule has 0 atom stereocenters. The first-order valence-electron chi connectivity index (χ1n) is 6.79. The Morgan fingerprint density at radius 2 is 1.88 bits per heavy atom. The van der Waals surface area contributed by atoms with E-state index in [-0.39, 0.29) is 11.8 Å². The van der Waals surface area contributed by atoms with Gasteiger partial charge in [0.15, 0.2) is 0 Å². The van der Waals surface area contributed by atoms with Gasteiger partial charge in [-0.05, 0) is 31.2 Å². The van der Waals surface area contributed by atoms with Crippen molar-refractivity contribution in [3.8, 4) is 0 Å². The molecule has 0 aliphatic heterocycles. The van der Waals surface area contributed by atoms with Crippen LogP contribution in [0.1, 0.15) is 52.4 Å². The van der Waals surface area contributed by atoms with Gasteiger partial charge in [-0.1, -0.05) is 33.1 Å². The SMILES string of the molecule is CN(CC1CCCCC1)CC(C)(C)CC(=O)O. The van der Waals surface area contributed by atoms with Gasteiger partial charge in [0.25, 0.3) is 0 Å². The molecule has 0 unspecified atom stereocenters. The van der Waals surface area contributed by atoms with Crippen molar-refractivity contribution in [1.29, 1.82) is 0 Å². The molecule has 3 nitrogen and oxygen atoms in total. The van der Waals surface area contributed by atoms with E-state index in [0.717, 1.165) is 19.0 Å². The van der Waals surface area contributed by atoms with Crippen molar-refractivity contribution in [2.45, 2.75) is 52.4 Å². The van der Waals surface area contributed by atoms with Gasteiger partial charge in [0.05, 0.1) is 6.42 Å². The molecule has 0 aromatic heterocycles. The minimum Gasteiger partial charge on any atom is -0.481 e. The summed E-state index contributed by atoms with van der Waals surface area (Å²) >= 11 is 0. The minimum absolute atomic E-state index is 0.130. The summed E-state index contributed by atoms with van der Waals surface area (Å²) < 4.78 is 0. The lowest BCUT2D eigenvalue weighted by molar-refractivity contribution is -0.139. The largest absolute Gasteiger partial charge is 0.481 e. The van der Waals surface area contributed by atoms with E-state index in [4.69, 9.17) is 5.11 Å². The Morgan fingerprint density at radius 3 is 2.41 bits per heavy atom. The first-order chi connectivity index (χ1) is 7.89. The van der Waals surface area contributed by atoms with Gasteiger partial charge in [-0.25, -0.2) is 0 Å². The fourth-order valence-electron chi connectivity index (χ4n) is 3.07. The van der Waals surface area contributed by atoms with Crippen molar-refractivity contribution in [3.63, 3.8) is 0 Å². The van der Waals surface area contributed by atoms with Gasteiger partial charge in [-0.15, -0.1) is 0 Å². The van der Waals surface area contributed by atoms with Crippen LogP contribution >= 0.6 is 0 Å². The normalized spacial score (nSPS) is 18.6. The van der Waals surface area contributed by atoms with Gasteiger partial charge < -0.3 is 10.0 Å². The molecule has 1 saturated carbocycles. The summed E-state index contributed by atoms with van der Waals surface area (Å²) in [4.78, 5) is 13.1. The highest BCUT2D eigenvalue weighted by molar-refractivity contribution is 5.67.